The van der Waals surface area contributed by atoms with Crippen LogP contribution in [-0.2, 0) is 38.4 Å². The summed E-state index contributed by atoms with van der Waals surface area (Å²) in [5.74, 6) is -3.99. The first-order chi connectivity index (χ1) is 33.8. The molecule has 0 bridgehead atoms. The van der Waals surface area contributed by atoms with Gasteiger partial charge in [-0.3, -0.25) is 38.4 Å². The van der Waals surface area contributed by atoms with Crippen molar-refractivity contribution in [3.63, 3.8) is 0 Å². The molecule has 2 heterocycles. The molecule has 1 aliphatic carbocycles. The van der Waals surface area contributed by atoms with E-state index < -0.39 is 82.8 Å². The zero-order valence-corrected chi connectivity index (χ0v) is 44.5. The maximum atomic E-state index is 14.6. The van der Waals surface area contributed by atoms with Gasteiger partial charge in [0.1, 0.15) is 24.2 Å². The lowest BCUT2D eigenvalue weighted by Crippen LogP contribution is -2.59. The van der Waals surface area contributed by atoms with Crippen LogP contribution in [0.4, 0.5) is 0 Å². The van der Waals surface area contributed by atoms with Crippen molar-refractivity contribution in [2.45, 2.75) is 168 Å². The number of rotatable bonds is 18. The Balaban J connectivity index is 1.30. The molecule has 2 aromatic rings. The first-order valence-corrected chi connectivity index (χ1v) is 25.7. The highest BCUT2D eigenvalue weighted by molar-refractivity contribution is 5.96. The van der Waals surface area contributed by atoms with Crippen LogP contribution >= 0.6 is 0 Å². The van der Waals surface area contributed by atoms with E-state index in [1.54, 1.807) is 27.9 Å². The number of likely N-dealkylation sites (N-methyl/N-ethyl adjacent to an activating group) is 2. The molecule has 2 saturated heterocycles. The molecule has 0 radical (unpaired) electrons. The third-order valence-corrected chi connectivity index (χ3v) is 14.7. The maximum Gasteiger partial charge on any atom is 0.246 e. The normalized spacial score (nSPS) is 23.8. The van der Waals surface area contributed by atoms with Crippen molar-refractivity contribution in [1.29, 1.82) is 0 Å². The number of hydrogen-bond donors (Lipinski definition) is 8. The predicted molar refractivity (Wildman–Crippen MR) is 275 cm³/mol. The molecule has 396 valence electrons. The predicted octanol–water partition coefficient (Wildman–Crippen LogP) is 3.00. The van der Waals surface area contributed by atoms with E-state index in [2.05, 4.69) is 42.5 Å². The van der Waals surface area contributed by atoms with Crippen LogP contribution in [0.3, 0.4) is 0 Å². The topological polar surface area (TPSA) is 239 Å². The van der Waals surface area contributed by atoms with Crippen molar-refractivity contribution in [2.24, 2.45) is 22.7 Å². The smallest absolute Gasteiger partial charge is 0.246 e. The fourth-order valence-electron chi connectivity index (χ4n) is 9.86. The van der Waals surface area contributed by atoms with Gasteiger partial charge in [-0.05, 0) is 95.9 Å². The Morgan fingerprint density at radius 1 is 0.500 bits per heavy atom. The van der Waals surface area contributed by atoms with Crippen LogP contribution in [0.2, 0.25) is 0 Å². The Morgan fingerprint density at radius 2 is 0.847 bits per heavy atom. The molecule has 0 spiro atoms. The lowest BCUT2D eigenvalue weighted by atomic mass is 9.80. The number of benzene rings is 2. The number of carbonyl (C=O) groups is 8. The molecule has 18 heteroatoms. The molecule has 1 saturated carbocycles. The van der Waals surface area contributed by atoms with Crippen molar-refractivity contribution < 1.29 is 38.4 Å². The fraction of sp³-hybridized carbons (Fsp3) is 0.630. The Kier molecular flexibility index (Phi) is 19.6. The van der Waals surface area contributed by atoms with Gasteiger partial charge in [-0.25, -0.2) is 0 Å². The highest BCUT2D eigenvalue weighted by Gasteiger charge is 2.48. The number of nitrogens with zero attached hydrogens (tertiary/aromatic N) is 2. The minimum absolute atomic E-state index is 0.0348. The summed E-state index contributed by atoms with van der Waals surface area (Å²) in [6.45, 7) is 18.3. The number of nitrogens with one attached hydrogen (secondary N) is 8. The van der Waals surface area contributed by atoms with Crippen molar-refractivity contribution >= 4 is 47.3 Å². The minimum Gasteiger partial charge on any atom is -0.351 e. The lowest BCUT2D eigenvalue weighted by Gasteiger charge is -2.36. The highest BCUT2D eigenvalue weighted by Crippen LogP contribution is 2.33. The monoisotopic (exact) mass is 999 g/mol. The molecule has 2 aliphatic heterocycles. The van der Waals surface area contributed by atoms with E-state index in [1.807, 2.05) is 116 Å². The van der Waals surface area contributed by atoms with E-state index in [4.69, 9.17) is 0 Å². The largest absolute Gasteiger partial charge is 0.351 e. The van der Waals surface area contributed by atoms with Gasteiger partial charge in [0.15, 0.2) is 0 Å². The molecule has 12 atom stereocenters. The van der Waals surface area contributed by atoms with Crippen LogP contribution in [0.15, 0.2) is 60.7 Å². The van der Waals surface area contributed by atoms with Crippen molar-refractivity contribution in [3.05, 3.63) is 71.8 Å². The van der Waals surface area contributed by atoms with Crippen LogP contribution in [0, 0.1) is 22.7 Å². The SMILES string of the molecule is CN[C@@H](C)C(=O)N[C@H](C(=O)N1C[C@@H](NC(=O)C2CCCC(C(=O)N[C@H]3C[C@@H](C(=O)N[C@H](C)c4ccccc4)N(C(=O)[C@@H](NC(=O)[C@H](C)NC)C(C)(C)C)C3)C2)C[C@H]1C(=O)N[C@H](C)c1ccccc1)C(C)(C)C. The van der Waals surface area contributed by atoms with Gasteiger partial charge in [0.05, 0.1) is 24.2 Å². The molecule has 18 nitrogen and oxygen atoms in total. The van der Waals surface area contributed by atoms with E-state index in [-0.39, 0.29) is 79.9 Å². The van der Waals surface area contributed by atoms with E-state index in [1.165, 1.54) is 9.80 Å². The molecule has 5 rings (SSSR count). The summed E-state index contributed by atoms with van der Waals surface area (Å²) in [6, 6.07) is 12.0. The molecule has 0 aromatic heterocycles. The van der Waals surface area contributed by atoms with Gasteiger partial charge in [0, 0.05) is 37.0 Å². The van der Waals surface area contributed by atoms with E-state index >= 15 is 0 Å². The lowest BCUT2D eigenvalue weighted by molar-refractivity contribution is -0.144. The first-order valence-electron chi connectivity index (χ1n) is 25.7. The van der Waals surface area contributed by atoms with Crippen LogP contribution in [0.25, 0.3) is 0 Å². The maximum absolute atomic E-state index is 14.6. The molecule has 3 aliphatic rings. The van der Waals surface area contributed by atoms with Gasteiger partial charge >= 0.3 is 0 Å². The molecule has 8 N–H and O–H groups in total. The first kappa shape index (κ1) is 57.0. The third-order valence-electron chi connectivity index (χ3n) is 14.7. The molecule has 2 aromatic carbocycles. The zero-order valence-electron chi connectivity index (χ0n) is 44.5. The van der Waals surface area contributed by atoms with E-state index in [0.717, 1.165) is 11.1 Å². The molecule has 2 unspecified atom stereocenters. The second-order valence-electron chi connectivity index (χ2n) is 22.4. The molecule has 8 amide bonds. The third kappa shape index (κ3) is 14.6. The molecule has 3 fully saturated rings. The van der Waals surface area contributed by atoms with Gasteiger partial charge < -0.3 is 52.3 Å². The second-order valence-corrected chi connectivity index (χ2v) is 22.4. The van der Waals surface area contributed by atoms with Gasteiger partial charge in [0.25, 0.3) is 0 Å². The van der Waals surface area contributed by atoms with Crippen LogP contribution in [0.1, 0.15) is 131 Å². The van der Waals surface area contributed by atoms with Crippen LogP contribution in [-0.4, -0.2) is 133 Å². The summed E-state index contributed by atoms with van der Waals surface area (Å²) in [7, 11) is 3.31. The number of hydrogen-bond acceptors (Lipinski definition) is 10. The van der Waals surface area contributed by atoms with Crippen LogP contribution in [0.5, 0.6) is 0 Å². The summed E-state index contributed by atoms with van der Waals surface area (Å²) < 4.78 is 0. The van der Waals surface area contributed by atoms with Crippen molar-refractivity contribution in [1.82, 2.24) is 52.3 Å². The molecular weight excluding hydrogens is 917 g/mol. The molecule has 72 heavy (non-hydrogen) atoms. The summed E-state index contributed by atoms with van der Waals surface area (Å²) in [6.07, 6.45) is 2.20. The second kappa shape index (κ2) is 24.7. The summed E-state index contributed by atoms with van der Waals surface area (Å²) in [5, 5.41) is 24.0. The van der Waals surface area contributed by atoms with Crippen molar-refractivity contribution in [2.75, 3.05) is 27.2 Å². The van der Waals surface area contributed by atoms with Gasteiger partial charge in [-0.2, -0.15) is 0 Å². The van der Waals surface area contributed by atoms with Gasteiger partial charge in [-0.15, -0.1) is 0 Å². The number of likely N-dealkylation sites (tertiary alicyclic amines) is 2. The summed E-state index contributed by atoms with van der Waals surface area (Å²) >= 11 is 0. The Hall–Kier alpha value is -5.88. The van der Waals surface area contributed by atoms with Gasteiger partial charge in [0.2, 0.25) is 47.3 Å². The van der Waals surface area contributed by atoms with E-state index in [9.17, 15) is 38.4 Å². The van der Waals surface area contributed by atoms with Crippen molar-refractivity contribution in [3.8, 4) is 0 Å². The number of carbonyl (C=O) groups excluding carboxylic acids is 8. The number of amides is 8. The minimum atomic E-state index is -0.977. The highest BCUT2D eigenvalue weighted by atomic mass is 16.2. The average molecular weight is 999 g/mol. The Morgan fingerprint density at radius 3 is 1.17 bits per heavy atom. The average Bonchev–Trinajstić information content (AvgIpc) is 3.98. The van der Waals surface area contributed by atoms with Crippen LogP contribution < -0.4 is 42.5 Å². The zero-order chi connectivity index (χ0) is 53.2. The fourth-order valence-corrected chi connectivity index (χ4v) is 9.86. The quantitative estimate of drug-likeness (QED) is 0.109. The summed E-state index contributed by atoms with van der Waals surface area (Å²) in [5.41, 5.74) is 0.316. The van der Waals surface area contributed by atoms with Gasteiger partial charge in [-0.1, -0.05) is 109 Å². The summed E-state index contributed by atoms with van der Waals surface area (Å²) in [4.78, 5) is 115. The van der Waals surface area contributed by atoms with E-state index in [0.29, 0.717) is 19.3 Å². The Labute approximate surface area is 426 Å². The Bertz CT molecular complexity index is 2080. The standard InChI is InChI=1S/C54H82N10O8/c1-31(35-20-15-13-16-21-35)57-49(69)41-27-39(29-63(41)51(71)43(53(5,6)7)61-45(65)33(3)55-11)59-47(67)37-24-19-25-38(26-37)48(68)60-40-28-42(50(70)58-32(2)36-22-17-14-18-23-36)64(30-40)52(72)44(54(8,9)10)62-46(66)34(4)56-12/h13-18,20-23,31-34,37-44,55-56H,19,24-30H2,1-12H3,(H,57,69)(H,58,70)(H,59,67)(H,60,68)(H,61,65)(H,62,66)/t31-,32-,33+,34+,37?,38?,39+,40+,41+,42+,43-,44-/m1/s1. The molecular formula is C54H82N10O8.